The first-order valence-corrected chi connectivity index (χ1v) is 12.3. The van der Waals surface area contributed by atoms with Crippen LogP contribution in [0.2, 0.25) is 0 Å². The number of hydrogen-bond acceptors (Lipinski definition) is 4. The number of sulfonamides is 1. The molecule has 0 radical (unpaired) electrons. The molecule has 0 saturated heterocycles. The van der Waals surface area contributed by atoms with Gasteiger partial charge in [-0.05, 0) is 60.7 Å². The van der Waals surface area contributed by atoms with Crippen molar-refractivity contribution in [2.24, 2.45) is 0 Å². The topological polar surface area (TPSA) is 101 Å². The molecular formula is C23H19F6N3O4S. The smallest absolute Gasteiger partial charge is 0.416 e. The van der Waals surface area contributed by atoms with E-state index in [0.29, 0.717) is 42.7 Å². The molecule has 1 heterocycles. The van der Waals surface area contributed by atoms with Crippen LogP contribution in [0, 0.1) is 0 Å². The molecule has 0 bridgehead atoms. The molecular weight excluding hydrogens is 528 g/mol. The zero-order chi connectivity index (χ0) is 27.2. The number of aromatic nitrogens is 2. The van der Waals surface area contributed by atoms with Crippen molar-refractivity contribution in [3.05, 3.63) is 71.0 Å². The Kier molecular flexibility index (Phi) is 6.84. The predicted octanol–water partition coefficient (Wildman–Crippen LogP) is 5.03. The summed E-state index contributed by atoms with van der Waals surface area (Å²) in [6.07, 6.45) is -7.11. The van der Waals surface area contributed by atoms with E-state index in [9.17, 15) is 39.6 Å². The van der Waals surface area contributed by atoms with E-state index in [1.165, 1.54) is 10.9 Å². The number of benzene rings is 2. The highest BCUT2D eigenvalue weighted by atomic mass is 32.2. The highest BCUT2D eigenvalue weighted by Gasteiger charge is 2.37. The molecule has 1 unspecified atom stereocenters. The average Bonchev–Trinajstić information content (AvgIpc) is 3.21. The molecule has 198 valence electrons. The first-order chi connectivity index (χ1) is 17.1. The Bertz CT molecular complexity index is 1400. The summed E-state index contributed by atoms with van der Waals surface area (Å²) in [7, 11) is -4.14. The highest BCUT2D eigenvalue weighted by Crippen LogP contribution is 2.39. The van der Waals surface area contributed by atoms with E-state index in [1.54, 1.807) is 0 Å². The van der Waals surface area contributed by atoms with Gasteiger partial charge in [-0.3, -0.25) is 9.48 Å². The molecule has 0 amide bonds. The van der Waals surface area contributed by atoms with Gasteiger partial charge in [-0.25, -0.2) is 13.1 Å². The summed E-state index contributed by atoms with van der Waals surface area (Å²) in [5.41, 5.74) is -2.23. The number of aliphatic carboxylic acids is 1. The van der Waals surface area contributed by atoms with Crippen LogP contribution in [-0.4, -0.2) is 29.3 Å². The lowest BCUT2D eigenvalue weighted by Crippen LogP contribution is -2.31. The maximum atomic E-state index is 13.2. The Balaban J connectivity index is 1.61. The van der Waals surface area contributed by atoms with Crippen molar-refractivity contribution in [2.45, 2.75) is 49.1 Å². The maximum absolute atomic E-state index is 13.2. The van der Waals surface area contributed by atoms with Crippen LogP contribution in [0.4, 0.5) is 26.3 Å². The summed E-state index contributed by atoms with van der Waals surface area (Å²) in [5, 5.41) is 13.0. The summed E-state index contributed by atoms with van der Waals surface area (Å²) >= 11 is 0. The van der Waals surface area contributed by atoms with Crippen molar-refractivity contribution in [1.82, 2.24) is 14.5 Å². The largest absolute Gasteiger partial charge is 0.480 e. The Morgan fingerprint density at radius 2 is 1.59 bits per heavy atom. The van der Waals surface area contributed by atoms with Gasteiger partial charge in [0.15, 0.2) is 0 Å². The molecule has 0 spiro atoms. The van der Waals surface area contributed by atoms with Crippen LogP contribution in [-0.2, 0) is 40.1 Å². The fraction of sp³-hybridized carbons (Fsp3) is 0.304. The van der Waals surface area contributed by atoms with Crippen LogP contribution in [0.3, 0.4) is 0 Å². The highest BCUT2D eigenvalue weighted by molar-refractivity contribution is 7.89. The van der Waals surface area contributed by atoms with Crippen LogP contribution < -0.4 is 4.72 Å². The zero-order valence-corrected chi connectivity index (χ0v) is 19.6. The zero-order valence-electron chi connectivity index (χ0n) is 18.8. The number of halogens is 6. The molecule has 1 aliphatic rings. The van der Waals surface area contributed by atoms with Gasteiger partial charge < -0.3 is 5.11 Å². The number of nitrogens with zero attached hydrogens (tertiary/aromatic N) is 2. The summed E-state index contributed by atoms with van der Waals surface area (Å²) < 4.78 is 109. The maximum Gasteiger partial charge on any atom is 0.416 e. The fourth-order valence-corrected chi connectivity index (χ4v) is 5.46. The van der Waals surface area contributed by atoms with Crippen LogP contribution >= 0.6 is 0 Å². The van der Waals surface area contributed by atoms with Crippen LogP contribution in [0.1, 0.15) is 41.3 Å². The van der Waals surface area contributed by atoms with Crippen molar-refractivity contribution >= 4 is 16.0 Å². The molecule has 2 aromatic carbocycles. The van der Waals surface area contributed by atoms with Crippen LogP contribution in [0.5, 0.6) is 0 Å². The number of carboxylic acid groups (broad SMARTS) is 1. The quantitative estimate of drug-likeness (QED) is 0.422. The van der Waals surface area contributed by atoms with Crippen LogP contribution in [0.15, 0.2) is 53.6 Å². The van der Waals surface area contributed by atoms with Gasteiger partial charge in [0.2, 0.25) is 10.0 Å². The van der Waals surface area contributed by atoms with Crippen molar-refractivity contribution in [3.63, 3.8) is 0 Å². The number of fused-ring (bicyclic) bond motifs is 1. The van der Waals surface area contributed by atoms with Gasteiger partial charge in [0, 0.05) is 11.3 Å². The van der Waals surface area contributed by atoms with Crippen molar-refractivity contribution in [3.8, 4) is 11.1 Å². The lowest BCUT2D eigenvalue weighted by Gasteiger charge is -2.24. The first kappa shape index (κ1) is 26.7. The number of rotatable bonds is 6. The molecule has 0 fully saturated rings. The Morgan fingerprint density at radius 3 is 2.14 bits per heavy atom. The molecule has 1 atom stereocenters. The first-order valence-electron chi connectivity index (χ1n) is 10.8. The monoisotopic (exact) mass is 547 g/mol. The predicted molar refractivity (Wildman–Crippen MR) is 118 cm³/mol. The molecule has 1 aliphatic carbocycles. The van der Waals surface area contributed by atoms with Gasteiger partial charge >= 0.3 is 18.3 Å². The third-order valence-electron chi connectivity index (χ3n) is 5.93. The molecule has 0 saturated carbocycles. The molecule has 4 rings (SSSR count). The SMILES string of the molecule is O=C(O)Cn1ncc2c1CCCC2NS(=O)(=O)c1ccc(-c2cc(C(F)(F)F)cc(C(F)(F)F)c2)cc1. The molecule has 7 nitrogen and oxygen atoms in total. The minimum absolute atomic E-state index is 0.0171. The van der Waals surface area contributed by atoms with Gasteiger partial charge in [-0.1, -0.05) is 12.1 Å². The Morgan fingerprint density at radius 1 is 1.00 bits per heavy atom. The molecule has 3 aromatic rings. The molecule has 37 heavy (non-hydrogen) atoms. The number of nitrogens with one attached hydrogen (secondary N) is 1. The van der Waals surface area contributed by atoms with Gasteiger partial charge in [0.25, 0.3) is 0 Å². The Hall–Kier alpha value is -3.39. The summed E-state index contributed by atoms with van der Waals surface area (Å²) in [5.74, 6) is -1.10. The second-order valence-electron chi connectivity index (χ2n) is 8.48. The van der Waals surface area contributed by atoms with Crippen molar-refractivity contribution in [2.75, 3.05) is 0 Å². The summed E-state index contributed by atoms with van der Waals surface area (Å²) in [6.45, 7) is -0.373. The average molecular weight is 547 g/mol. The van der Waals surface area contributed by atoms with E-state index in [1.807, 2.05) is 0 Å². The van der Waals surface area contributed by atoms with Gasteiger partial charge in [-0.2, -0.15) is 31.4 Å². The van der Waals surface area contributed by atoms with Gasteiger partial charge in [-0.15, -0.1) is 0 Å². The fourth-order valence-electron chi connectivity index (χ4n) is 4.21. The van der Waals surface area contributed by atoms with Gasteiger partial charge in [0.05, 0.1) is 28.3 Å². The summed E-state index contributed by atoms with van der Waals surface area (Å²) in [6, 6.07) is 4.89. The van der Waals surface area contributed by atoms with E-state index in [-0.39, 0.29) is 28.6 Å². The van der Waals surface area contributed by atoms with E-state index in [2.05, 4.69) is 9.82 Å². The molecule has 2 N–H and O–H groups in total. The molecule has 0 aliphatic heterocycles. The van der Waals surface area contributed by atoms with E-state index in [0.717, 1.165) is 24.3 Å². The third-order valence-corrected chi connectivity index (χ3v) is 7.42. The lowest BCUT2D eigenvalue weighted by atomic mass is 9.94. The standard InChI is InChI=1S/C23H19F6N3O4S/c24-22(25,26)15-8-14(9-16(10-15)23(27,28)29)13-4-6-17(7-5-13)37(35,36)31-19-2-1-3-20-18(19)11-30-32(20)12-21(33)34/h4-11,19,31H,1-3,12H2,(H,33,34). The number of hydrogen-bond donors (Lipinski definition) is 2. The third kappa shape index (κ3) is 5.80. The second-order valence-corrected chi connectivity index (χ2v) is 10.2. The molecule has 14 heteroatoms. The number of carbonyl (C=O) groups is 1. The molecule has 1 aromatic heterocycles. The minimum atomic E-state index is -5.01. The Labute approximate surface area is 206 Å². The van der Waals surface area contributed by atoms with Gasteiger partial charge in [0.1, 0.15) is 6.54 Å². The normalized spacial score (nSPS) is 16.4. The number of carboxylic acids is 1. The summed E-state index contributed by atoms with van der Waals surface area (Å²) in [4.78, 5) is 10.8. The lowest BCUT2D eigenvalue weighted by molar-refractivity contribution is -0.143. The second kappa shape index (κ2) is 9.49. The minimum Gasteiger partial charge on any atom is -0.480 e. The van der Waals surface area contributed by atoms with Crippen molar-refractivity contribution in [1.29, 1.82) is 0 Å². The van der Waals surface area contributed by atoms with E-state index in [4.69, 9.17) is 5.11 Å². The number of alkyl halides is 6. The van der Waals surface area contributed by atoms with E-state index < -0.39 is 45.5 Å². The van der Waals surface area contributed by atoms with Crippen molar-refractivity contribution < 1.29 is 44.7 Å². The van der Waals surface area contributed by atoms with Crippen LogP contribution in [0.25, 0.3) is 11.1 Å². The van der Waals surface area contributed by atoms with E-state index >= 15 is 0 Å².